The number of pyridine rings is 1. The second-order valence-corrected chi connectivity index (χ2v) is 2.94. The predicted octanol–water partition coefficient (Wildman–Crippen LogP) is 0.667. The highest BCUT2D eigenvalue weighted by Gasteiger charge is 2.07. The number of aromatic nitrogens is 2. The van der Waals surface area contributed by atoms with Crippen molar-refractivity contribution in [2.75, 3.05) is 0 Å². The Kier molecular flexibility index (Phi) is 1.85. The van der Waals surface area contributed by atoms with Crippen LogP contribution in [0, 0.1) is 0 Å². The Hall–Kier alpha value is -2.04. The summed E-state index contributed by atoms with van der Waals surface area (Å²) in [6.45, 7) is 0. The summed E-state index contributed by atoms with van der Waals surface area (Å²) in [5, 5.41) is 17.8. The molecule has 0 amide bonds. The number of carboxylic acid groups (broad SMARTS) is 1. The van der Waals surface area contributed by atoms with E-state index in [2.05, 4.69) is 4.98 Å². The quantitative estimate of drug-likeness (QED) is 0.733. The van der Waals surface area contributed by atoms with Gasteiger partial charge in [0.2, 0.25) is 0 Å². The molecule has 0 fully saturated rings. The van der Waals surface area contributed by atoms with Crippen LogP contribution in [0.5, 0.6) is 5.75 Å². The van der Waals surface area contributed by atoms with Gasteiger partial charge in [-0.1, -0.05) is 0 Å². The van der Waals surface area contributed by atoms with Crippen LogP contribution in [0.1, 0.15) is 5.69 Å². The van der Waals surface area contributed by atoms with Gasteiger partial charge < -0.3 is 10.2 Å². The van der Waals surface area contributed by atoms with Crippen molar-refractivity contribution in [3.05, 3.63) is 30.2 Å². The van der Waals surface area contributed by atoms with Crippen molar-refractivity contribution in [1.82, 2.24) is 9.38 Å². The number of aliphatic carboxylic acids is 1. The topological polar surface area (TPSA) is 74.8 Å². The summed E-state index contributed by atoms with van der Waals surface area (Å²) in [4.78, 5) is 14.5. The summed E-state index contributed by atoms with van der Waals surface area (Å²) in [6.07, 6.45) is 2.83. The molecule has 2 N–H and O–H groups in total. The summed E-state index contributed by atoms with van der Waals surface area (Å²) >= 11 is 0. The number of fused-ring (bicyclic) bond motifs is 1. The molecular weight excluding hydrogens is 184 g/mol. The van der Waals surface area contributed by atoms with Crippen molar-refractivity contribution < 1.29 is 15.0 Å². The number of carboxylic acids is 1. The maximum absolute atomic E-state index is 10.5. The molecule has 0 aliphatic heterocycles. The van der Waals surface area contributed by atoms with Gasteiger partial charge in [-0.3, -0.25) is 9.20 Å². The van der Waals surface area contributed by atoms with Crippen LogP contribution in [0.15, 0.2) is 24.5 Å². The third-order valence-electron chi connectivity index (χ3n) is 1.90. The van der Waals surface area contributed by atoms with Crippen molar-refractivity contribution in [2.24, 2.45) is 0 Å². The van der Waals surface area contributed by atoms with E-state index < -0.39 is 5.97 Å². The van der Waals surface area contributed by atoms with E-state index in [1.807, 2.05) is 0 Å². The number of carbonyl (C=O) groups is 1. The molecule has 0 aromatic carbocycles. The van der Waals surface area contributed by atoms with Crippen molar-refractivity contribution in [3.8, 4) is 5.75 Å². The van der Waals surface area contributed by atoms with Gasteiger partial charge >= 0.3 is 5.97 Å². The van der Waals surface area contributed by atoms with E-state index in [0.717, 1.165) is 0 Å². The Balaban J connectivity index is 2.55. The minimum absolute atomic E-state index is 0.0853. The Morgan fingerprint density at radius 1 is 1.50 bits per heavy atom. The predicted molar refractivity (Wildman–Crippen MR) is 48.2 cm³/mol. The summed E-state index contributed by atoms with van der Waals surface area (Å²) in [5.74, 6) is -0.836. The van der Waals surface area contributed by atoms with Crippen LogP contribution >= 0.6 is 0 Å². The van der Waals surface area contributed by atoms with Gasteiger partial charge in [-0.25, -0.2) is 4.98 Å². The van der Waals surface area contributed by atoms with Crippen LogP contribution in [0.3, 0.4) is 0 Å². The monoisotopic (exact) mass is 192 g/mol. The lowest BCUT2D eigenvalue weighted by molar-refractivity contribution is -0.136. The molecule has 0 unspecified atom stereocenters. The molecule has 0 spiro atoms. The van der Waals surface area contributed by atoms with Gasteiger partial charge in [0.05, 0.1) is 18.3 Å². The lowest BCUT2D eigenvalue weighted by atomic mass is 10.3. The molecular formula is C9H8N2O3. The fourth-order valence-electron chi connectivity index (χ4n) is 1.31. The largest absolute Gasteiger partial charge is 0.506 e. The summed E-state index contributed by atoms with van der Waals surface area (Å²) in [5.41, 5.74) is 1.17. The average molecular weight is 192 g/mol. The van der Waals surface area contributed by atoms with Crippen molar-refractivity contribution in [3.63, 3.8) is 0 Å². The molecule has 14 heavy (non-hydrogen) atoms. The van der Waals surface area contributed by atoms with E-state index in [1.165, 1.54) is 18.5 Å². The van der Waals surface area contributed by atoms with Crippen LogP contribution in [-0.2, 0) is 11.2 Å². The van der Waals surface area contributed by atoms with Gasteiger partial charge in [-0.2, -0.15) is 0 Å². The Morgan fingerprint density at radius 2 is 2.29 bits per heavy atom. The SMILES string of the molecule is O=C(O)Cc1cnc2ccc(O)cn12. The zero-order valence-electron chi connectivity index (χ0n) is 7.21. The molecule has 0 aliphatic rings. The molecule has 2 aromatic heterocycles. The fraction of sp³-hybridized carbons (Fsp3) is 0.111. The third kappa shape index (κ3) is 1.39. The first-order chi connectivity index (χ1) is 6.66. The van der Waals surface area contributed by atoms with Crippen LogP contribution < -0.4 is 0 Å². The lowest BCUT2D eigenvalue weighted by Gasteiger charge is -1.98. The average Bonchev–Trinajstić information content (AvgIpc) is 2.47. The fourth-order valence-corrected chi connectivity index (χ4v) is 1.31. The van der Waals surface area contributed by atoms with Crippen LogP contribution in [0.2, 0.25) is 0 Å². The van der Waals surface area contributed by atoms with Gasteiger partial charge in [-0.15, -0.1) is 0 Å². The highest BCUT2D eigenvalue weighted by atomic mass is 16.4. The molecule has 0 radical (unpaired) electrons. The minimum atomic E-state index is -0.921. The second-order valence-electron chi connectivity index (χ2n) is 2.94. The zero-order valence-corrected chi connectivity index (χ0v) is 7.21. The normalized spacial score (nSPS) is 10.6. The van der Waals surface area contributed by atoms with Gasteiger partial charge in [0.25, 0.3) is 0 Å². The molecule has 0 saturated heterocycles. The van der Waals surface area contributed by atoms with E-state index >= 15 is 0 Å². The molecule has 0 aliphatic carbocycles. The van der Waals surface area contributed by atoms with E-state index in [4.69, 9.17) is 5.11 Å². The number of nitrogens with zero attached hydrogens (tertiary/aromatic N) is 2. The van der Waals surface area contributed by atoms with Gasteiger partial charge in [0.1, 0.15) is 11.4 Å². The second kappa shape index (κ2) is 3.02. The van der Waals surface area contributed by atoms with Crippen molar-refractivity contribution in [1.29, 1.82) is 0 Å². The molecule has 0 bridgehead atoms. The molecule has 0 saturated carbocycles. The molecule has 2 heterocycles. The minimum Gasteiger partial charge on any atom is -0.506 e. The summed E-state index contributed by atoms with van der Waals surface area (Å²) in [6, 6.07) is 3.13. The van der Waals surface area contributed by atoms with Gasteiger partial charge in [0, 0.05) is 6.20 Å². The van der Waals surface area contributed by atoms with E-state index in [-0.39, 0.29) is 12.2 Å². The van der Waals surface area contributed by atoms with Crippen LogP contribution in [0.25, 0.3) is 5.65 Å². The standard InChI is InChI=1S/C9H8N2O3/c12-7-1-2-8-10-4-6(3-9(13)14)11(8)5-7/h1-2,4-5,12H,3H2,(H,13,14). The van der Waals surface area contributed by atoms with Crippen LogP contribution in [-0.4, -0.2) is 25.6 Å². The molecule has 2 aromatic rings. The number of aromatic hydroxyl groups is 1. The van der Waals surface area contributed by atoms with Crippen molar-refractivity contribution in [2.45, 2.75) is 6.42 Å². The van der Waals surface area contributed by atoms with E-state index in [0.29, 0.717) is 11.3 Å². The Morgan fingerprint density at radius 3 is 3.00 bits per heavy atom. The number of imidazole rings is 1. The first kappa shape index (κ1) is 8.55. The highest BCUT2D eigenvalue weighted by Crippen LogP contribution is 2.13. The van der Waals surface area contributed by atoms with Gasteiger partial charge in [0.15, 0.2) is 0 Å². The summed E-state index contributed by atoms with van der Waals surface area (Å²) in [7, 11) is 0. The molecule has 72 valence electrons. The first-order valence-corrected chi connectivity index (χ1v) is 4.03. The number of rotatable bonds is 2. The summed E-state index contributed by atoms with van der Waals surface area (Å²) < 4.78 is 1.56. The number of hydrogen-bond donors (Lipinski definition) is 2. The van der Waals surface area contributed by atoms with Crippen molar-refractivity contribution >= 4 is 11.6 Å². The molecule has 0 atom stereocenters. The lowest BCUT2D eigenvalue weighted by Crippen LogP contribution is -2.02. The zero-order chi connectivity index (χ0) is 10.1. The highest BCUT2D eigenvalue weighted by molar-refractivity contribution is 5.70. The Labute approximate surface area is 79.2 Å². The smallest absolute Gasteiger partial charge is 0.309 e. The van der Waals surface area contributed by atoms with E-state index in [9.17, 15) is 9.90 Å². The molecule has 5 heteroatoms. The molecule has 5 nitrogen and oxygen atoms in total. The van der Waals surface area contributed by atoms with E-state index in [1.54, 1.807) is 10.5 Å². The Bertz CT molecular complexity index is 490. The maximum Gasteiger partial charge on any atom is 0.309 e. The van der Waals surface area contributed by atoms with Crippen LogP contribution in [0.4, 0.5) is 0 Å². The third-order valence-corrected chi connectivity index (χ3v) is 1.90. The number of hydrogen-bond acceptors (Lipinski definition) is 3. The van der Waals surface area contributed by atoms with Gasteiger partial charge in [-0.05, 0) is 12.1 Å². The maximum atomic E-state index is 10.5. The molecule has 2 rings (SSSR count). The first-order valence-electron chi connectivity index (χ1n) is 4.03.